The topological polar surface area (TPSA) is 51.2 Å². The zero-order chi connectivity index (χ0) is 13.8. The number of aryl methyl sites for hydroxylation is 2. The van der Waals surface area contributed by atoms with Gasteiger partial charge in [-0.3, -0.25) is 0 Å². The third-order valence-corrected chi connectivity index (χ3v) is 3.70. The number of para-hydroxylation sites is 1. The van der Waals surface area contributed by atoms with Crippen LogP contribution in [0.5, 0.6) is 0 Å². The predicted octanol–water partition coefficient (Wildman–Crippen LogP) is 3.54. The van der Waals surface area contributed by atoms with Gasteiger partial charge in [0.2, 0.25) is 0 Å². The van der Waals surface area contributed by atoms with Crippen molar-refractivity contribution in [3.8, 4) is 0 Å². The number of esters is 1. The van der Waals surface area contributed by atoms with Crippen molar-refractivity contribution in [1.29, 1.82) is 0 Å². The lowest BCUT2D eigenvalue weighted by Crippen LogP contribution is -2.03. The highest BCUT2D eigenvalue weighted by Gasteiger charge is 2.16. The van der Waals surface area contributed by atoms with Gasteiger partial charge in [0.25, 0.3) is 0 Å². The number of hydrogen-bond acceptors (Lipinski definition) is 5. The largest absolute Gasteiger partial charge is 0.464 e. The van der Waals surface area contributed by atoms with Crippen LogP contribution in [0.15, 0.2) is 24.3 Å². The molecule has 0 radical (unpaired) electrons. The van der Waals surface area contributed by atoms with E-state index in [1.165, 1.54) is 24.0 Å². The highest BCUT2D eigenvalue weighted by molar-refractivity contribution is 7.15. The average Bonchev–Trinajstić information content (AvgIpc) is 2.79. The van der Waals surface area contributed by atoms with Gasteiger partial charge in [0.05, 0.1) is 7.11 Å². The van der Waals surface area contributed by atoms with E-state index in [1.807, 2.05) is 25.1 Å². The molecule has 0 saturated heterocycles. The van der Waals surface area contributed by atoms with Crippen LogP contribution in [-0.2, 0) is 11.2 Å². The monoisotopic (exact) mass is 276 g/mol. The molecule has 1 aromatic carbocycles. The summed E-state index contributed by atoms with van der Waals surface area (Å²) >= 11 is 1.45. The van der Waals surface area contributed by atoms with E-state index < -0.39 is 5.97 Å². The quantitative estimate of drug-likeness (QED) is 0.868. The van der Waals surface area contributed by atoms with Crippen molar-refractivity contribution in [2.24, 2.45) is 0 Å². The molecule has 0 bridgehead atoms. The fourth-order valence-electron chi connectivity index (χ4n) is 1.80. The predicted molar refractivity (Wildman–Crippen MR) is 77.3 cm³/mol. The summed E-state index contributed by atoms with van der Waals surface area (Å²) in [6, 6.07) is 8.07. The van der Waals surface area contributed by atoms with E-state index in [-0.39, 0.29) is 0 Å². The van der Waals surface area contributed by atoms with Gasteiger partial charge in [-0.15, -0.1) is 11.3 Å². The Hall–Kier alpha value is -1.88. The molecule has 1 aromatic heterocycles. The number of ether oxygens (including phenoxy) is 1. The summed E-state index contributed by atoms with van der Waals surface area (Å²) in [5, 5.41) is 3.97. The number of anilines is 2. The van der Waals surface area contributed by atoms with Crippen LogP contribution in [0.1, 0.15) is 27.9 Å². The lowest BCUT2D eigenvalue weighted by Gasteiger charge is -2.07. The maximum Gasteiger partial charge on any atom is 0.357 e. The van der Waals surface area contributed by atoms with E-state index in [0.29, 0.717) is 10.8 Å². The maximum atomic E-state index is 11.5. The number of thiazole rings is 1. The first kappa shape index (κ1) is 13.5. The van der Waals surface area contributed by atoms with Gasteiger partial charge in [0, 0.05) is 10.6 Å². The summed E-state index contributed by atoms with van der Waals surface area (Å²) in [4.78, 5) is 16.7. The third kappa shape index (κ3) is 2.93. The van der Waals surface area contributed by atoms with Crippen LogP contribution in [0, 0.1) is 6.92 Å². The number of carbonyl (C=O) groups excluding carboxylic acids is 1. The van der Waals surface area contributed by atoms with E-state index in [0.717, 1.165) is 17.0 Å². The first-order valence-electron chi connectivity index (χ1n) is 6.06. The second-order valence-corrected chi connectivity index (χ2v) is 5.25. The van der Waals surface area contributed by atoms with Gasteiger partial charge in [0.1, 0.15) is 0 Å². The molecule has 0 atom stereocenters. The van der Waals surface area contributed by atoms with Crippen molar-refractivity contribution in [1.82, 2.24) is 4.98 Å². The second kappa shape index (κ2) is 5.84. The molecule has 1 N–H and O–H groups in total. The number of nitrogens with one attached hydrogen (secondary N) is 1. The van der Waals surface area contributed by atoms with E-state index in [1.54, 1.807) is 0 Å². The average molecular weight is 276 g/mol. The van der Waals surface area contributed by atoms with Crippen molar-refractivity contribution in [2.75, 3.05) is 12.4 Å². The Balaban J connectivity index is 2.27. The molecule has 0 aliphatic carbocycles. The van der Waals surface area contributed by atoms with Crippen LogP contribution in [0.4, 0.5) is 10.8 Å². The number of carbonyl (C=O) groups is 1. The molecular weight excluding hydrogens is 260 g/mol. The fraction of sp³-hybridized carbons (Fsp3) is 0.286. The van der Waals surface area contributed by atoms with E-state index in [2.05, 4.69) is 23.3 Å². The number of nitrogens with zero attached hydrogens (tertiary/aromatic N) is 1. The van der Waals surface area contributed by atoms with Crippen LogP contribution in [0.25, 0.3) is 0 Å². The minimum atomic E-state index is -0.398. The van der Waals surface area contributed by atoms with Crippen LogP contribution < -0.4 is 5.32 Å². The molecule has 0 unspecified atom stereocenters. The molecule has 1 heterocycles. The molecule has 0 spiro atoms. The fourth-order valence-corrected chi connectivity index (χ4v) is 2.62. The van der Waals surface area contributed by atoms with Gasteiger partial charge in [-0.25, -0.2) is 9.78 Å². The normalized spacial score (nSPS) is 10.3. The highest BCUT2D eigenvalue weighted by Crippen LogP contribution is 2.27. The molecular formula is C14H16N2O2S. The van der Waals surface area contributed by atoms with Crippen LogP contribution in [0.2, 0.25) is 0 Å². The van der Waals surface area contributed by atoms with Crippen molar-refractivity contribution < 1.29 is 9.53 Å². The van der Waals surface area contributed by atoms with E-state index in [4.69, 9.17) is 4.74 Å². The molecule has 0 aliphatic heterocycles. The summed E-state index contributed by atoms with van der Waals surface area (Å²) in [7, 11) is 1.36. The Morgan fingerprint density at radius 2 is 2.16 bits per heavy atom. The van der Waals surface area contributed by atoms with Gasteiger partial charge < -0.3 is 10.1 Å². The van der Waals surface area contributed by atoms with Gasteiger partial charge in [-0.1, -0.05) is 25.1 Å². The molecule has 19 heavy (non-hydrogen) atoms. The number of hydrogen-bond donors (Lipinski definition) is 1. The number of aromatic nitrogens is 1. The third-order valence-electron chi connectivity index (χ3n) is 2.82. The van der Waals surface area contributed by atoms with Crippen molar-refractivity contribution in [2.45, 2.75) is 20.3 Å². The van der Waals surface area contributed by atoms with Gasteiger partial charge in [0.15, 0.2) is 10.8 Å². The molecule has 0 fully saturated rings. The van der Waals surface area contributed by atoms with Crippen molar-refractivity contribution in [3.05, 3.63) is 40.4 Å². The summed E-state index contributed by atoms with van der Waals surface area (Å²) in [5.41, 5.74) is 2.62. The lowest BCUT2D eigenvalue weighted by atomic mass is 10.1. The van der Waals surface area contributed by atoms with Gasteiger partial charge >= 0.3 is 5.97 Å². The first-order valence-corrected chi connectivity index (χ1v) is 6.88. The van der Waals surface area contributed by atoms with Crippen molar-refractivity contribution >= 4 is 28.1 Å². The van der Waals surface area contributed by atoms with Gasteiger partial charge in [-0.05, 0) is 25.0 Å². The SMILES string of the molecule is CCc1ccccc1Nc1nc(C(=O)OC)c(C)s1. The number of methoxy groups -OCH3 is 1. The Bertz CT molecular complexity index is 593. The standard InChI is InChI=1S/C14H16N2O2S/c1-4-10-7-5-6-8-11(10)15-14-16-12(9(2)19-14)13(17)18-3/h5-8H,4H2,1-3H3,(H,15,16). The highest BCUT2D eigenvalue weighted by atomic mass is 32.1. The number of benzene rings is 1. The summed E-state index contributed by atoms with van der Waals surface area (Å²) < 4.78 is 4.70. The zero-order valence-electron chi connectivity index (χ0n) is 11.2. The van der Waals surface area contributed by atoms with Crippen LogP contribution in [-0.4, -0.2) is 18.1 Å². The van der Waals surface area contributed by atoms with Gasteiger partial charge in [-0.2, -0.15) is 0 Å². The summed E-state index contributed by atoms with van der Waals surface area (Å²) in [5.74, 6) is -0.398. The molecule has 0 aliphatic rings. The Labute approximate surface area is 116 Å². The molecule has 2 rings (SSSR count). The molecule has 2 aromatic rings. The molecule has 4 nitrogen and oxygen atoms in total. The minimum Gasteiger partial charge on any atom is -0.464 e. The first-order chi connectivity index (χ1) is 9.15. The maximum absolute atomic E-state index is 11.5. The Morgan fingerprint density at radius 1 is 1.42 bits per heavy atom. The Kier molecular flexibility index (Phi) is 4.16. The second-order valence-electron chi connectivity index (χ2n) is 4.05. The lowest BCUT2D eigenvalue weighted by molar-refractivity contribution is 0.0594. The molecule has 5 heteroatoms. The zero-order valence-corrected chi connectivity index (χ0v) is 12.0. The van der Waals surface area contributed by atoms with Crippen LogP contribution in [0.3, 0.4) is 0 Å². The summed E-state index contributed by atoms with van der Waals surface area (Å²) in [6.45, 7) is 3.97. The molecule has 0 amide bonds. The van der Waals surface area contributed by atoms with E-state index in [9.17, 15) is 4.79 Å². The molecule has 100 valence electrons. The number of rotatable bonds is 4. The van der Waals surface area contributed by atoms with Crippen molar-refractivity contribution in [3.63, 3.8) is 0 Å². The Morgan fingerprint density at radius 3 is 2.84 bits per heavy atom. The van der Waals surface area contributed by atoms with E-state index >= 15 is 0 Å². The minimum absolute atomic E-state index is 0.379. The summed E-state index contributed by atoms with van der Waals surface area (Å²) in [6.07, 6.45) is 0.942. The van der Waals surface area contributed by atoms with Crippen LogP contribution >= 0.6 is 11.3 Å². The molecule has 0 saturated carbocycles. The smallest absolute Gasteiger partial charge is 0.357 e.